The number of amides is 1. The molecule has 1 amide bonds. The molecule has 0 fully saturated rings. The van der Waals surface area contributed by atoms with Gasteiger partial charge in [0.25, 0.3) is 5.91 Å². The lowest BCUT2D eigenvalue weighted by molar-refractivity contribution is 0.0656. The highest BCUT2D eigenvalue weighted by Gasteiger charge is 2.36. The van der Waals surface area contributed by atoms with Gasteiger partial charge in [-0.2, -0.15) is 0 Å². The largest absolute Gasteiger partial charge is 0.497 e. The molecule has 3 aromatic rings. The van der Waals surface area contributed by atoms with Crippen LogP contribution in [0.5, 0.6) is 5.75 Å². The van der Waals surface area contributed by atoms with Gasteiger partial charge in [0.1, 0.15) is 11.6 Å². The molecule has 1 aliphatic heterocycles. The Balaban J connectivity index is 1.88. The number of hydrogen-bond acceptors (Lipinski definition) is 5. The molecule has 2 N–H and O–H groups in total. The first-order valence-electron chi connectivity index (χ1n) is 9.80. The smallest absolute Gasteiger partial charge is 0.258 e. The Morgan fingerprint density at radius 2 is 2.03 bits per heavy atom. The molecular weight excluding hydrogens is 383 g/mol. The van der Waals surface area contributed by atoms with Gasteiger partial charge in [0.15, 0.2) is 0 Å². The van der Waals surface area contributed by atoms with E-state index in [9.17, 15) is 9.18 Å². The highest BCUT2D eigenvalue weighted by atomic mass is 19.1. The van der Waals surface area contributed by atoms with Gasteiger partial charge in [-0.3, -0.25) is 4.79 Å². The summed E-state index contributed by atoms with van der Waals surface area (Å²) in [6.07, 6.45) is 0.477. The molecule has 1 aromatic heterocycles. The molecule has 0 saturated carbocycles. The maximum atomic E-state index is 14.2. The quantitative estimate of drug-likeness (QED) is 0.710. The third kappa shape index (κ3) is 3.36. The molecule has 1 unspecified atom stereocenters. The molecule has 6 nitrogen and oxygen atoms in total. The molecule has 0 saturated heterocycles. The Kier molecular flexibility index (Phi) is 5.11. The zero-order valence-corrected chi connectivity index (χ0v) is 17.1. The average molecular weight is 406 g/mol. The number of aryl methyl sites for hydroxylation is 1. The van der Waals surface area contributed by atoms with Gasteiger partial charge in [0.2, 0.25) is 5.95 Å². The van der Waals surface area contributed by atoms with Crippen LogP contribution in [0.3, 0.4) is 0 Å². The molecular formula is C23H23FN4O2. The number of anilines is 1. The van der Waals surface area contributed by atoms with Crippen LogP contribution in [0.15, 0.2) is 42.5 Å². The Hall–Kier alpha value is -3.48. The van der Waals surface area contributed by atoms with Crippen LogP contribution in [0.2, 0.25) is 0 Å². The minimum Gasteiger partial charge on any atom is -0.497 e. The number of methoxy groups -OCH3 is 1. The summed E-state index contributed by atoms with van der Waals surface area (Å²) in [4.78, 5) is 23.6. The Labute approximate surface area is 174 Å². The molecule has 0 spiro atoms. The number of nitrogen functional groups attached to an aromatic ring is 1. The number of hydrogen-bond donors (Lipinski definition) is 1. The predicted molar refractivity (Wildman–Crippen MR) is 113 cm³/mol. The Morgan fingerprint density at radius 1 is 1.23 bits per heavy atom. The number of nitrogens with two attached hydrogens (primary N) is 1. The fourth-order valence-corrected chi connectivity index (χ4v) is 4.16. The van der Waals surface area contributed by atoms with Crippen LogP contribution in [-0.2, 0) is 6.42 Å². The van der Waals surface area contributed by atoms with Gasteiger partial charge in [-0.25, -0.2) is 14.4 Å². The number of aromatic nitrogens is 2. The number of carbonyl (C=O) groups is 1. The first-order chi connectivity index (χ1) is 14.4. The van der Waals surface area contributed by atoms with Crippen molar-refractivity contribution in [3.8, 4) is 16.9 Å². The minimum atomic E-state index is -0.343. The molecule has 30 heavy (non-hydrogen) atoms. The summed E-state index contributed by atoms with van der Waals surface area (Å²) in [5, 5.41) is 0. The molecule has 0 radical (unpaired) electrons. The van der Waals surface area contributed by atoms with E-state index in [2.05, 4.69) is 9.97 Å². The number of likely N-dealkylation sites (N-methyl/N-ethyl adjacent to an activating group) is 1. The summed E-state index contributed by atoms with van der Waals surface area (Å²) in [5.41, 5.74) is 9.93. The van der Waals surface area contributed by atoms with E-state index < -0.39 is 0 Å². The molecule has 1 aliphatic rings. The van der Waals surface area contributed by atoms with Crippen LogP contribution in [0, 0.1) is 12.7 Å². The van der Waals surface area contributed by atoms with Crippen molar-refractivity contribution in [3.63, 3.8) is 0 Å². The molecule has 0 aliphatic carbocycles. The van der Waals surface area contributed by atoms with Crippen LogP contribution in [0.4, 0.5) is 10.3 Å². The van der Waals surface area contributed by atoms with E-state index in [1.165, 1.54) is 12.1 Å². The first-order valence-corrected chi connectivity index (χ1v) is 9.80. The first kappa shape index (κ1) is 19.8. The van der Waals surface area contributed by atoms with Crippen LogP contribution in [0.25, 0.3) is 11.1 Å². The van der Waals surface area contributed by atoms with E-state index in [-0.39, 0.29) is 23.7 Å². The van der Waals surface area contributed by atoms with Crippen molar-refractivity contribution < 1.29 is 13.9 Å². The highest BCUT2D eigenvalue weighted by Crippen LogP contribution is 2.39. The van der Waals surface area contributed by atoms with Gasteiger partial charge in [0.05, 0.1) is 30.1 Å². The molecule has 1 atom stereocenters. The predicted octanol–water partition coefficient (Wildman–Crippen LogP) is 3.94. The van der Waals surface area contributed by atoms with Crippen molar-refractivity contribution in [2.45, 2.75) is 26.3 Å². The van der Waals surface area contributed by atoms with Crippen LogP contribution in [0.1, 0.15) is 40.3 Å². The van der Waals surface area contributed by atoms with Crippen LogP contribution >= 0.6 is 0 Å². The van der Waals surface area contributed by atoms with Crippen molar-refractivity contribution in [1.82, 2.24) is 14.9 Å². The fraction of sp³-hybridized carbons (Fsp3) is 0.261. The van der Waals surface area contributed by atoms with E-state index >= 15 is 0 Å². The number of fused-ring (bicyclic) bond motifs is 1. The molecule has 2 aromatic carbocycles. The number of ether oxygens (including phenoxy) is 1. The van der Waals surface area contributed by atoms with Crippen LogP contribution in [-0.4, -0.2) is 34.4 Å². The van der Waals surface area contributed by atoms with E-state index in [4.69, 9.17) is 10.5 Å². The number of carbonyl (C=O) groups excluding carboxylic acids is 1. The van der Waals surface area contributed by atoms with E-state index in [1.807, 2.05) is 31.2 Å². The summed E-state index contributed by atoms with van der Waals surface area (Å²) in [6.45, 7) is 4.20. The summed E-state index contributed by atoms with van der Waals surface area (Å²) in [7, 11) is 1.59. The summed E-state index contributed by atoms with van der Waals surface area (Å²) in [5.74, 6) is 0.345. The lowest BCUT2D eigenvalue weighted by Gasteiger charge is -2.37. The lowest BCUT2D eigenvalue weighted by atomic mass is 9.87. The number of benzene rings is 2. The van der Waals surface area contributed by atoms with E-state index in [0.717, 1.165) is 11.1 Å². The highest BCUT2D eigenvalue weighted by molar-refractivity contribution is 5.98. The van der Waals surface area contributed by atoms with E-state index in [1.54, 1.807) is 25.0 Å². The maximum absolute atomic E-state index is 14.2. The summed E-state index contributed by atoms with van der Waals surface area (Å²) in [6, 6.07) is 11.8. The number of rotatable bonds is 4. The van der Waals surface area contributed by atoms with Gasteiger partial charge >= 0.3 is 0 Å². The monoisotopic (exact) mass is 406 g/mol. The SMILES string of the molecule is CCN1C(=O)c2c(C)nc(N)nc2CC1c1ccc(F)cc1-c1cccc(OC)c1. The number of halogens is 1. The Bertz CT molecular complexity index is 1130. The van der Waals surface area contributed by atoms with Gasteiger partial charge in [-0.1, -0.05) is 18.2 Å². The van der Waals surface area contributed by atoms with Crippen molar-refractivity contribution >= 4 is 11.9 Å². The van der Waals surface area contributed by atoms with Crippen molar-refractivity contribution in [3.05, 3.63) is 70.8 Å². The maximum Gasteiger partial charge on any atom is 0.258 e. The van der Waals surface area contributed by atoms with Gasteiger partial charge in [0, 0.05) is 13.0 Å². The molecule has 4 rings (SSSR count). The normalized spacial score (nSPS) is 15.8. The second-order valence-electron chi connectivity index (χ2n) is 7.26. The fourth-order valence-electron chi connectivity index (χ4n) is 4.16. The van der Waals surface area contributed by atoms with Crippen molar-refractivity contribution in [2.75, 3.05) is 19.4 Å². The summed E-state index contributed by atoms with van der Waals surface area (Å²) >= 11 is 0. The topological polar surface area (TPSA) is 81.3 Å². The van der Waals surface area contributed by atoms with E-state index in [0.29, 0.717) is 41.2 Å². The van der Waals surface area contributed by atoms with Gasteiger partial charge < -0.3 is 15.4 Å². The second kappa shape index (κ2) is 7.74. The van der Waals surface area contributed by atoms with Crippen molar-refractivity contribution in [1.29, 1.82) is 0 Å². The van der Waals surface area contributed by atoms with Crippen molar-refractivity contribution in [2.24, 2.45) is 0 Å². The third-order valence-corrected chi connectivity index (χ3v) is 5.52. The van der Waals surface area contributed by atoms with Gasteiger partial charge in [-0.15, -0.1) is 0 Å². The van der Waals surface area contributed by atoms with Gasteiger partial charge in [-0.05, 0) is 54.8 Å². The zero-order valence-electron chi connectivity index (χ0n) is 17.1. The lowest BCUT2D eigenvalue weighted by Crippen LogP contribution is -2.41. The van der Waals surface area contributed by atoms with Crippen LogP contribution < -0.4 is 10.5 Å². The zero-order chi connectivity index (χ0) is 21.4. The molecule has 0 bridgehead atoms. The Morgan fingerprint density at radius 3 is 2.77 bits per heavy atom. The number of nitrogens with zero attached hydrogens (tertiary/aromatic N) is 3. The average Bonchev–Trinajstić information content (AvgIpc) is 2.73. The molecule has 7 heteroatoms. The minimum absolute atomic E-state index is 0.137. The second-order valence-corrected chi connectivity index (χ2v) is 7.26. The standard InChI is InChI=1S/C23H23FN4O2/c1-4-28-20(12-19-21(22(28)29)13(2)26-23(25)27-19)17-9-8-15(24)11-18(17)14-6-5-7-16(10-14)30-3/h5-11,20H,4,12H2,1-3H3,(H2,25,26,27). The summed E-state index contributed by atoms with van der Waals surface area (Å²) < 4.78 is 19.6. The molecule has 154 valence electrons. The third-order valence-electron chi connectivity index (χ3n) is 5.52. The molecule has 2 heterocycles.